The fourth-order valence-corrected chi connectivity index (χ4v) is 1.76. The summed E-state index contributed by atoms with van der Waals surface area (Å²) in [6, 6.07) is 14.4. The molecule has 0 aliphatic carbocycles. The second kappa shape index (κ2) is 4.91. The lowest BCUT2D eigenvalue weighted by atomic mass is 10.1. The molecule has 0 aromatic heterocycles. The number of aryl methyl sites for hydroxylation is 2. The molecule has 0 fully saturated rings. The third-order valence-electron chi connectivity index (χ3n) is 2.85. The molecule has 0 atom stereocenters. The van der Waals surface area contributed by atoms with Gasteiger partial charge in [-0.15, -0.1) is 0 Å². The Kier molecular flexibility index (Phi) is 3.33. The number of nitrogens with one attached hydrogen (secondary N) is 1. The summed E-state index contributed by atoms with van der Waals surface area (Å²) < 4.78 is 0. The summed E-state index contributed by atoms with van der Waals surface area (Å²) in [5, 5.41) is 3.34. The first-order chi connectivity index (χ1) is 8.19. The van der Waals surface area contributed by atoms with Crippen LogP contribution in [0.3, 0.4) is 0 Å². The van der Waals surface area contributed by atoms with E-state index >= 15 is 0 Å². The largest absolute Gasteiger partial charge is 0.397 e. The third kappa shape index (κ3) is 2.78. The molecule has 0 aliphatic rings. The van der Waals surface area contributed by atoms with Gasteiger partial charge in [-0.2, -0.15) is 0 Å². The summed E-state index contributed by atoms with van der Waals surface area (Å²) in [7, 11) is 0. The van der Waals surface area contributed by atoms with Gasteiger partial charge in [0.15, 0.2) is 0 Å². The van der Waals surface area contributed by atoms with Gasteiger partial charge in [-0.25, -0.2) is 0 Å². The van der Waals surface area contributed by atoms with E-state index in [0.29, 0.717) is 0 Å². The van der Waals surface area contributed by atoms with E-state index in [2.05, 4.69) is 49.5 Å². The summed E-state index contributed by atoms with van der Waals surface area (Å²) in [4.78, 5) is 0. The molecule has 17 heavy (non-hydrogen) atoms. The average molecular weight is 226 g/mol. The summed E-state index contributed by atoms with van der Waals surface area (Å²) in [5.74, 6) is 0. The lowest BCUT2D eigenvalue weighted by molar-refractivity contribution is 1.14. The van der Waals surface area contributed by atoms with Crippen LogP contribution in [0.25, 0.3) is 0 Å². The Bertz CT molecular complexity index is 501. The van der Waals surface area contributed by atoms with E-state index in [1.807, 2.05) is 12.1 Å². The molecule has 2 aromatic carbocycles. The van der Waals surface area contributed by atoms with E-state index in [-0.39, 0.29) is 0 Å². The molecule has 0 amide bonds. The van der Waals surface area contributed by atoms with Crippen molar-refractivity contribution < 1.29 is 0 Å². The Morgan fingerprint density at radius 1 is 1.06 bits per heavy atom. The summed E-state index contributed by atoms with van der Waals surface area (Å²) >= 11 is 0. The van der Waals surface area contributed by atoms with Gasteiger partial charge in [-0.1, -0.05) is 25.1 Å². The Labute approximate surface area is 102 Å². The number of nitrogens with two attached hydrogens (primary N) is 1. The summed E-state index contributed by atoms with van der Waals surface area (Å²) in [5.41, 5.74) is 11.3. The van der Waals surface area contributed by atoms with Gasteiger partial charge in [0, 0.05) is 5.69 Å². The van der Waals surface area contributed by atoms with Crippen LogP contribution in [0.4, 0.5) is 17.1 Å². The van der Waals surface area contributed by atoms with Crippen molar-refractivity contribution in [2.75, 3.05) is 11.1 Å². The maximum absolute atomic E-state index is 5.93. The SMILES string of the molecule is CCc1ccc(Nc2cc(C)ccc2N)cc1. The maximum Gasteiger partial charge on any atom is 0.0620 e. The van der Waals surface area contributed by atoms with Crippen LogP contribution in [0.5, 0.6) is 0 Å². The molecule has 0 heterocycles. The Hall–Kier alpha value is -1.96. The zero-order valence-electron chi connectivity index (χ0n) is 10.3. The van der Waals surface area contributed by atoms with Crippen LogP contribution in [-0.2, 0) is 6.42 Å². The molecule has 0 aliphatic heterocycles. The third-order valence-corrected chi connectivity index (χ3v) is 2.85. The van der Waals surface area contributed by atoms with E-state index in [0.717, 1.165) is 23.5 Å². The fraction of sp³-hybridized carbons (Fsp3) is 0.200. The van der Waals surface area contributed by atoms with Crippen LogP contribution in [0.2, 0.25) is 0 Å². The number of hydrogen-bond donors (Lipinski definition) is 2. The first-order valence-corrected chi connectivity index (χ1v) is 5.91. The highest BCUT2D eigenvalue weighted by Crippen LogP contribution is 2.24. The van der Waals surface area contributed by atoms with E-state index in [1.54, 1.807) is 0 Å². The minimum atomic E-state index is 0.773. The van der Waals surface area contributed by atoms with Gasteiger partial charge in [0.25, 0.3) is 0 Å². The molecule has 0 spiro atoms. The maximum atomic E-state index is 5.93. The van der Waals surface area contributed by atoms with Crippen molar-refractivity contribution in [3.8, 4) is 0 Å². The molecule has 0 saturated heterocycles. The second-order valence-electron chi connectivity index (χ2n) is 4.27. The lowest BCUT2D eigenvalue weighted by Gasteiger charge is -2.10. The molecule has 2 nitrogen and oxygen atoms in total. The standard InChI is InChI=1S/C15H18N2/c1-3-12-5-7-13(8-6-12)17-15-10-11(2)4-9-14(15)16/h4-10,17H,3,16H2,1-2H3. The topological polar surface area (TPSA) is 38.0 Å². The van der Waals surface area contributed by atoms with Crippen molar-refractivity contribution in [1.29, 1.82) is 0 Å². The molecule has 2 rings (SSSR count). The molecule has 0 radical (unpaired) electrons. The van der Waals surface area contributed by atoms with Crippen molar-refractivity contribution >= 4 is 17.1 Å². The van der Waals surface area contributed by atoms with Gasteiger partial charge in [-0.3, -0.25) is 0 Å². The fourth-order valence-electron chi connectivity index (χ4n) is 1.76. The predicted molar refractivity (Wildman–Crippen MR) is 74.7 cm³/mol. The highest BCUT2D eigenvalue weighted by atomic mass is 14.9. The van der Waals surface area contributed by atoms with Gasteiger partial charge < -0.3 is 11.1 Å². The molecule has 0 bridgehead atoms. The first-order valence-electron chi connectivity index (χ1n) is 5.91. The van der Waals surface area contributed by atoms with Crippen LogP contribution in [-0.4, -0.2) is 0 Å². The average Bonchev–Trinajstić information content (AvgIpc) is 2.35. The number of benzene rings is 2. The number of nitrogen functional groups attached to an aromatic ring is 1. The van der Waals surface area contributed by atoms with Crippen molar-refractivity contribution in [3.63, 3.8) is 0 Å². The van der Waals surface area contributed by atoms with Gasteiger partial charge >= 0.3 is 0 Å². The van der Waals surface area contributed by atoms with E-state index < -0.39 is 0 Å². The van der Waals surface area contributed by atoms with Crippen LogP contribution < -0.4 is 11.1 Å². The van der Waals surface area contributed by atoms with Crippen LogP contribution in [0, 0.1) is 6.92 Å². The van der Waals surface area contributed by atoms with Crippen molar-refractivity contribution in [2.45, 2.75) is 20.3 Å². The monoisotopic (exact) mass is 226 g/mol. The Morgan fingerprint density at radius 3 is 2.41 bits per heavy atom. The van der Waals surface area contributed by atoms with Crippen molar-refractivity contribution in [1.82, 2.24) is 0 Å². The summed E-state index contributed by atoms with van der Waals surface area (Å²) in [6.45, 7) is 4.21. The quantitative estimate of drug-likeness (QED) is 0.779. The van der Waals surface area contributed by atoms with Crippen LogP contribution in [0.1, 0.15) is 18.1 Å². The molecular formula is C15H18N2. The van der Waals surface area contributed by atoms with Gasteiger partial charge in [0.2, 0.25) is 0 Å². The van der Waals surface area contributed by atoms with Crippen molar-refractivity contribution in [3.05, 3.63) is 53.6 Å². The molecule has 0 saturated carbocycles. The molecule has 0 unspecified atom stereocenters. The number of anilines is 3. The molecular weight excluding hydrogens is 208 g/mol. The molecule has 88 valence electrons. The highest BCUT2D eigenvalue weighted by molar-refractivity contribution is 5.73. The smallest absolute Gasteiger partial charge is 0.0620 e. The second-order valence-corrected chi connectivity index (χ2v) is 4.27. The number of rotatable bonds is 3. The van der Waals surface area contributed by atoms with Crippen LogP contribution in [0.15, 0.2) is 42.5 Å². The minimum absolute atomic E-state index is 0.773. The van der Waals surface area contributed by atoms with Gasteiger partial charge in [0.05, 0.1) is 11.4 Å². The van der Waals surface area contributed by atoms with E-state index in [9.17, 15) is 0 Å². The Balaban J connectivity index is 2.22. The highest BCUT2D eigenvalue weighted by Gasteiger charge is 2.00. The lowest BCUT2D eigenvalue weighted by Crippen LogP contribution is -1.96. The van der Waals surface area contributed by atoms with Crippen molar-refractivity contribution in [2.24, 2.45) is 0 Å². The van der Waals surface area contributed by atoms with E-state index in [1.165, 1.54) is 11.1 Å². The predicted octanol–water partition coefficient (Wildman–Crippen LogP) is 3.88. The van der Waals surface area contributed by atoms with Gasteiger partial charge in [0.1, 0.15) is 0 Å². The van der Waals surface area contributed by atoms with E-state index in [4.69, 9.17) is 5.73 Å². The number of hydrogen-bond acceptors (Lipinski definition) is 2. The zero-order chi connectivity index (χ0) is 12.3. The minimum Gasteiger partial charge on any atom is -0.397 e. The van der Waals surface area contributed by atoms with Gasteiger partial charge in [-0.05, 0) is 48.7 Å². The van der Waals surface area contributed by atoms with Crippen LogP contribution >= 0.6 is 0 Å². The molecule has 2 heteroatoms. The zero-order valence-corrected chi connectivity index (χ0v) is 10.3. The first kappa shape index (κ1) is 11.5. The Morgan fingerprint density at radius 2 is 1.76 bits per heavy atom. The molecule has 2 aromatic rings. The molecule has 3 N–H and O–H groups in total. The normalized spacial score (nSPS) is 10.2. The summed E-state index contributed by atoms with van der Waals surface area (Å²) in [6.07, 6.45) is 1.06.